The first-order valence-electron chi connectivity index (χ1n) is 7.56. The molecule has 114 valence electrons. The van der Waals surface area contributed by atoms with Gasteiger partial charge in [-0.1, -0.05) is 32.0 Å². The van der Waals surface area contributed by atoms with Crippen molar-refractivity contribution >= 4 is 12.0 Å². The van der Waals surface area contributed by atoms with Crippen molar-refractivity contribution in [2.75, 3.05) is 0 Å². The molecule has 0 amide bonds. The molecular weight excluding hydrogens is 264 g/mol. The molecule has 1 aliphatic carbocycles. The van der Waals surface area contributed by atoms with Gasteiger partial charge >= 0.3 is 5.97 Å². The van der Waals surface area contributed by atoms with Gasteiger partial charge in [-0.15, -0.1) is 0 Å². The molecule has 0 saturated heterocycles. The van der Waals surface area contributed by atoms with E-state index in [1.54, 1.807) is 6.08 Å². The highest BCUT2D eigenvalue weighted by Gasteiger charge is 2.27. The van der Waals surface area contributed by atoms with Crippen LogP contribution in [0.4, 0.5) is 0 Å². The summed E-state index contributed by atoms with van der Waals surface area (Å²) >= 11 is 0. The van der Waals surface area contributed by atoms with E-state index in [0.717, 1.165) is 30.0 Å². The van der Waals surface area contributed by atoms with Crippen LogP contribution in [0.15, 0.2) is 30.3 Å². The van der Waals surface area contributed by atoms with Crippen molar-refractivity contribution < 1.29 is 14.6 Å². The summed E-state index contributed by atoms with van der Waals surface area (Å²) in [5, 5.41) is 8.65. The maximum absolute atomic E-state index is 10.5. The van der Waals surface area contributed by atoms with E-state index < -0.39 is 5.97 Å². The van der Waals surface area contributed by atoms with E-state index in [1.807, 2.05) is 24.3 Å². The molecule has 0 spiro atoms. The molecule has 1 N–H and O–H groups in total. The van der Waals surface area contributed by atoms with Crippen molar-refractivity contribution in [2.24, 2.45) is 5.41 Å². The van der Waals surface area contributed by atoms with Gasteiger partial charge < -0.3 is 9.84 Å². The molecule has 2 rings (SSSR count). The molecule has 0 bridgehead atoms. The molecule has 3 heteroatoms. The molecule has 3 nitrogen and oxygen atoms in total. The van der Waals surface area contributed by atoms with Gasteiger partial charge in [-0.25, -0.2) is 4.79 Å². The van der Waals surface area contributed by atoms with E-state index in [0.29, 0.717) is 18.1 Å². The molecule has 1 aromatic carbocycles. The van der Waals surface area contributed by atoms with Crippen LogP contribution in [-0.4, -0.2) is 17.2 Å². The van der Waals surface area contributed by atoms with Crippen LogP contribution < -0.4 is 0 Å². The first-order chi connectivity index (χ1) is 9.94. The van der Waals surface area contributed by atoms with Crippen LogP contribution in [0.5, 0.6) is 0 Å². The summed E-state index contributed by atoms with van der Waals surface area (Å²) in [6, 6.07) is 7.83. The third-order valence-electron chi connectivity index (χ3n) is 4.14. The fourth-order valence-electron chi connectivity index (χ4n) is 2.71. The maximum Gasteiger partial charge on any atom is 0.328 e. The largest absolute Gasteiger partial charge is 0.478 e. The number of rotatable bonds is 5. The molecule has 0 unspecified atom stereocenters. The summed E-state index contributed by atoms with van der Waals surface area (Å²) in [4.78, 5) is 10.5. The van der Waals surface area contributed by atoms with Gasteiger partial charge in [-0.05, 0) is 54.4 Å². The quantitative estimate of drug-likeness (QED) is 0.823. The monoisotopic (exact) mass is 288 g/mol. The summed E-state index contributed by atoms with van der Waals surface area (Å²) in [6.07, 6.45) is 7.82. The van der Waals surface area contributed by atoms with Crippen molar-refractivity contribution in [2.45, 2.75) is 52.2 Å². The third kappa shape index (κ3) is 5.35. The SMILES string of the molecule is CC1(C)CCC(OCc2cccc(/C=C/C(=O)O)c2)CC1. The average Bonchev–Trinajstić information content (AvgIpc) is 2.44. The Labute approximate surface area is 126 Å². The van der Waals surface area contributed by atoms with Crippen molar-refractivity contribution in [1.82, 2.24) is 0 Å². The van der Waals surface area contributed by atoms with Crippen LogP contribution >= 0.6 is 0 Å². The van der Waals surface area contributed by atoms with E-state index in [1.165, 1.54) is 12.8 Å². The van der Waals surface area contributed by atoms with Crippen LogP contribution in [0, 0.1) is 5.41 Å². The Bertz CT molecular complexity index is 507. The molecule has 0 atom stereocenters. The Hall–Kier alpha value is -1.61. The number of aliphatic carboxylic acids is 1. The number of carboxylic acids is 1. The van der Waals surface area contributed by atoms with E-state index in [2.05, 4.69) is 13.8 Å². The van der Waals surface area contributed by atoms with Crippen molar-refractivity contribution in [3.8, 4) is 0 Å². The van der Waals surface area contributed by atoms with Gasteiger partial charge in [-0.2, -0.15) is 0 Å². The van der Waals surface area contributed by atoms with Gasteiger partial charge in [0.2, 0.25) is 0 Å². The van der Waals surface area contributed by atoms with Gasteiger partial charge in [-0.3, -0.25) is 0 Å². The van der Waals surface area contributed by atoms with Crippen LogP contribution in [0.3, 0.4) is 0 Å². The zero-order chi connectivity index (χ0) is 15.3. The highest BCUT2D eigenvalue weighted by atomic mass is 16.5. The van der Waals surface area contributed by atoms with E-state index in [-0.39, 0.29) is 0 Å². The third-order valence-corrected chi connectivity index (χ3v) is 4.14. The fourth-order valence-corrected chi connectivity index (χ4v) is 2.71. The Balaban J connectivity index is 1.86. The van der Waals surface area contributed by atoms with E-state index in [4.69, 9.17) is 9.84 Å². The van der Waals surface area contributed by atoms with Crippen LogP contribution in [0.2, 0.25) is 0 Å². The average molecular weight is 288 g/mol. The molecule has 0 aromatic heterocycles. The molecule has 1 saturated carbocycles. The second-order valence-corrected chi connectivity index (χ2v) is 6.59. The van der Waals surface area contributed by atoms with Crippen LogP contribution in [0.1, 0.15) is 50.7 Å². The minimum absolute atomic E-state index is 0.358. The van der Waals surface area contributed by atoms with Gasteiger partial charge in [0, 0.05) is 6.08 Å². The summed E-state index contributed by atoms with van der Waals surface area (Å²) in [5.41, 5.74) is 2.44. The topological polar surface area (TPSA) is 46.5 Å². The molecule has 1 aromatic rings. The molecular formula is C18H24O3. The fraction of sp³-hybridized carbons (Fsp3) is 0.500. The second-order valence-electron chi connectivity index (χ2n) is 6.59. The lowest BCUT2D eigenvalue weighted by Gasteiger charge is -2.34. The van der Waals surface area contributed by atoms with Crippen LogP contribution in [-0.2, 0) is 16.1 Å². The molecule has 21 heavy (non-hydrogen) atoms. The Kier molecular flexibility index (Phi) is 5.18. The zero-order valence-corrected chi connectivity index (χ0v) is 12.8. The highest BCUT2D eigenvalue weighted by molar-refractivity contribution is 5.85. The Morgan fingerprint density at radius 2 is 2.10 bits per heavy atom. The predicted octanol–water partition coefficient (Wildman–Crippen LogP) is 4.27. The molecule has 1 aliphatic rings. The number of carbonyl (C=O) groups is 1. The molecule has 0 radical (unpaired) electrons. The van der Waals surface area contributed by atoms with Gasteiger partial charge in [0.25, 0.3) is 0 Å². The first kappa shape index (κ1) is 15.8. The highest BCUT2D eigenvalue weighted by Crippen LogP contribution is 2.36. The van der Waals surface area contributed by atoms with Gasteiger partial charge in [0.15, 0.2) is 0 Å². The Morgan fingerprint density at radius 1 is 1.38 bits per heavy atom. The maximum atomic E-state index is 10.5. The zero-order valence-electron chi connectivity index (χ0n) is 12.8. The normalized spacial score (nSPS) is 19.0. The minimum atomic E-state index is -0.929. The predicted molar refractivity (Wildman–Crippen MR) is 83.9 cm³/mol. The molecule has 1 fully saturated rings. The summed E-state index contributed by atoms with van der Waals surface area (Å²) in [5.74, 6) is -0.929. The molecule has 0 aliphatic heterocycles. The number of ether oxygens (including phenoxy) is 1. The standard InChI is InChI=1S/C18H24O3/c1-18(2)10-8-16(9-11-18)21-13-15-5-3-4-14(12-15)6-7-17(19)20/h3-7,12,16H,8-11,13H2,1-2H3,(H,19,20)/b7-6+. The summed E-state index contributed by atoms with van der Waals surface area (Å²) in [7, 11) is 0. The van der Waals surface area contributed by atoms with Gasteiger partial charge in [0.1, 0.15) is 0 Å². The van der Waals surface area contributed by atoms with Crippen molar-refractivity contribution in [3.63, 3.8) is 0 Å². The van der Waals surface area contributed by atoms with Crippen molar-refractivity contribution in [3.05, 3.63) is 41.5 Å². The van der Waals surface area contributed by atoms with E-state index in [9.17, 15) is 4.79 Å². The number of hydrogen-bond acceptors (Lipinski definition) is 2. The molecule has 0 heterocycles. The summed E-state index contributed by atoms with van der Waals surface area (Å²) < 4.78 is 6.00. The summed E-state index contributed by atoms with van der Waals surface area (Å²) in [6.45, 7) is 5.24. The number of carboxylic acid groups (broad SMARTS) is 1. The second kappa shape index (κ2) is 6.90. The van der Waals surface area contributed by atoms with E-state index >= 15 is 0 Å². The lowest BCUT2D eigenvalue weighted by molar-refractivity contribution is -0.131. The van der Waals surface area contributed by atoms with Crippen LogP contribution in [0.25, 0.3) is 6.08 Å². The van der Waals surface area contributed by atoms with Gasteiger partial charge in [0.05, 0.1) is 12.7 Å². The lowest BCUT2D eigenvalue weighted by atomic mass is 9.76. The lowest BCUT2D eigenvalue weighted by Crippen LogP contribution is -2.26. The minimum Gasteiger partial charge on any atom is -0.478 e. The number of hydrogen-bond donors (Lipinski definition) is 1. The first-order valence-corrected chi connectivity index (χ1v) is 7.56. The number of benzene rings is 1. The smallest absolute Gasteiger partial charge is 0.328 e. The Morgan fingerprint density at radius 3 is 2.76 bits per heavy atom. The van der Waals surface area contributed by atoms with Crippen molar-refractivity contribution in [1.29, 1.82) is 0 Å².